The van der Waals surface area contributed by atoms with Crippen LogP contribution in [0.2, 0.25) is 0 Å². The van der Waals surface area contributed by atoms with Gasteiger partial charge < -0.3 is 15.6 Å². The number of methoxy groups -OCH3 is 1. The Labute approximate surface area is 96.5 Å². The molecule has 0 bridgehead atoms. The molecule has 7 heteroatoms. The van der Waals surface area contributed by atoms with Gasteiger partial charge in [-0.25, -0.2) is 9.48 Å². The highest BCUT2D eigenvalue weighted by atomic mass is 16.5. The summed E-state index contributed by atoms with van der Waals surface area (Å²) in [6.07, 6.45) is 4.48. The highest BCUT2D eigenvalue weighted by Gasteiger charge is 2.14. The van der Waals surface area contributed by atoms with Gasteiger partial charge in [0.1, 0.15) is 5.75 Å². The van der Waals surface area contributed by atoms with Gasteiger partial charge in [0.2, 0.25) is 0 Å². The van der Waals surface area contributed by atoms with Crippen LogP contribution in [0, 0.1) is 0 Å². The number of nitrogens with two attached hydrogens (primary N) is 1. The number of aromatic carboxylic acids is 1. The first-order chi connectivity index (χ1) is 8.11. The third kappa shape index (κ3) is 2.03. The lowest BCUT2D eigenvalue weighted by Gasteiger charge is -2.02. The van der Waals surface area contributed by atoms with E-state index in [0.717, 1.165) is 0 Å². The Balaban J connectivity index is 2.46. The molecule has 0 unspecified atom stereocenters. The summed E-state index contributed by atoms with van der Waals surface area (Å²) < 4.78 is 6.35. The minimum atomic E-state index is -1.17. The topological polar surface area (TPSA) is 103 Å². The maximum atomic E-state index is 10.8. The van der Waals surface area contributed by atoms with Crippen LogP contribution in [0.1, 0.15) is 10.5 Å². The summed E-state index contributed by atoms with van der Waals surface area (Å²) in [6.45, 7) is 0. The number of nitrogens with zero attached hydrogens (tertiary/aromatic N) is 3. The molecular formula is C10H10N4O3. The largest absolute Gasteiger partial charge is 0.495 e. The van der Waals surface area contributed by atoms with Crippen molar-refractivity contribution in [2.75, 3.05) is 12.8 Å². The SMILES string of the molecule is COc1cncc(-n2cc(N)c(C(=O)O)n2)c1. The molecule has 7 nitrogen and oxygen atoms in total. The van der Waals surface area contributed by atoms with Crippen molar-refractivity contribution < 1.29 is 14.6 Å². The first-order valence-electron chi connectivity index (χ1n) is 4.69. The second kappa shape index (κ2) is 4.12. The van der Waals surface area contributed by atoms with Crippen molar-refractivity contribution in [2.45, 2.75) is 0 Å². The van der Waals surface area contributed by atoms with Gasteiger partial charge in [-0.05, 0) is 0 Å². The van der Waals surface area contributed by atoms with Crippen molar-refractivity contribution in [2.24, 2.45) is 0 Å². The van der Waals surface area contributed by atoms with Gasteiger partial charge in [0.05, 0.1) is 37.1 Å². The number of ether oxygens (including phenoxy) is 1. The van der Waals surface area contributed by atoms with E-state index in [-0.39, 0.29) is 11.4 Å². The highest BCUT2D eigenvalue weighted by Crippen LogP contribution is 2.17. The molecule has 88 valence electrons. The number of rotatable bonds is 3. The smallest absolute Gasteiger partial charge is 0.358 e. The van der Waals surface area contributed by atoms with Crippen LogP contribution in [-0.4, -0.2) is 33.0 Å². The zero-order valence-electron chi connectivity index (χ0n) is 8.99. The van der Waals surface area contributed by atoms with E-state index in [0.29, 0.717) is 11.4 Å². The fraction of sp³-hybridized carbons (Fsp3) is 0.100. The predicted molar refractivity (Wildman–Crippen MR) is 59.3 cm³/mol. The van der Waals surface area contributed by atoms with E-state index in [2.05, 4.69) is 10.1 Å². The van der Waals surface area contributed by atoms with Gasteiger partial charge in [-0.1, -0.05) is 0 Å². The first-order valence-corrected chi connectivity index (χ1v) is 4.69. The van der Waals surface area contributed by atoms with Crippen LogP contribution in [0.15, 0.2) is 24.7 Å². The van der Waals surface area contributed by atoms with Gasteiger partial charge in [-0.3, -0.25) is 4.98 Å². The molecule has 0 aliphatic carbocycles. The highest BCUT2D eigenvalue weighted by molar-refractivity contribution is 5.91. The standard InChI is InChI=1S/C10H10N4O3/c1-17-7-2-6(3-12-4-7)14-5-8(11)9(13-14)10(15)16/h2-5H,11H2,1H3,(H,15,16). The molecule has 2 heterocycles. The fourth-order valence-electron chi connectivity index (χ4n) is 1.33. The van der Waals surface area contributed by atoms with E-state index in [9.17, 15) is 4.79 Å². The Morgan fingerprint density at radius 2 is 2.29 bits per heavy atom. The summed E-state index contributed by atoms with van der Waals surface area (Å²) in [5.74, 6) is -0.620. The van der Waals surface area contributed by atoms with Gasteiger partial charge in [0.25, 0.3) is 0 Å². The molecule has 0 atom stereocenters. The molecule has 3 N–H and O–H groups in total. The molecule has 2 aromatic rings. The van der Waals surface area contributed by atoms with Crippen LogP contribution >= 0.6 is 0 Å². The van der Waals surface area contributed by atoms with Crippen LogP contribution in [0.5, 0.6) is 5.75 Å². The molecule has 0 amide bonds. The van der Waals surface area contributed by atoms with E-state index in [4.69, 9.17) is 15.6 Å². The Morgan fingerprint density at radius 1 is 1.53 bits per heavy atom. The fourth-order valence-corrected chi connectivity index (χ4v) is 1.33. The zero-order chi connectivity index (χ0) is 12.4. The number of anilines is 1. The number of carbonyl (C=O) groups is 1. The Morgan fingerprint density at radius 3 is 2.88 bits per heavy atom. The zero-order valence-corrected chi connectivity index (χ0v) is 8.99. The predicted octanol–water partition coefficient (Wildman–Crippen LogP) is 0.556. The Kier molecular flexibility index (Phi) is 2.65. The number of hydrogen-bond acceptors (Lipinski definition) is 5. The molecule has 0 saturated heterocycles. The summed E-state index contributed by atoms with van der Waals surface area (Å²) in [7, 11) is 1.51. The number of carboxylic acid groups (broad SMARTS) is 1. The lowest BCUT2D eigenvalue weighted by Crippen LogP contribution is -2.03. The normalized spacial score (nSPS) is 10.2. The maximum Gasteiger partial charge on any atom is 0.358 e. The molecule has 0 spiro atoms. The summed E-state index contributed by atoms with van der Waals surface area (Å²) >= 11 is 0. The average Bonchev–Trinajstić information content (AvgIpc) is 2.71. The Bertz CT molecular complexity index is 564. The van der Waals surface area contributed by atoms with Gasteiger partial charge in [0, 0.05) is 6.07 Å². The lowest BCUT2D eigenvalue weighted by molar-refractivity contribution is 0.0691. The molecule has 0 radical (unpaired) electrons. The van der Waals surface area contributed by atoms with Crippen LogP contribution in [0.25, 0.3) is 5.69 Å². The van der Waals surface area contributed by atoms with Gasteiger partial charge >= 0.3 is 5.97 Å². The molecule has 2 aromatic heterocycles. The summed E-state index contributed by atoms with van der Waals surface area (Å²) in [6, 6.07) is 1.67. The number of hydrogen-bond donors (Lipinski definition) is 2. The molecular weight excluding hydrogens is 224 g/mol. The number of pyridine rings is 1. The summed E-state index contributed by atoms with van der Waals surface area (Å²) in [5.41, 5.74) is 6.02. The van der Waals surface area contributed by atoms with Crippen molar-refractivity contribution in [1.82, 2.24) is 14.8 Å². The van der Waals surface area contributed by atoms with E-state index in [1.54, 1.807) is 6.07 Å². The average molecular weight is 234 g/mol. The molecule has 0 saturated carbocycles. The quantitative estimate of drug-likeness (QED) is 0.804. The number of aromatic nitrogens is 3. The van der Waals surface area contributed by atoms with E-state index >= 15 is 0 Å². The monoisotopic (exact) mass is 234 g/mol. The van der Waals surface area contributed by atoms with Crippen molar-refractivity contribution in [3.05, 3.63) is 30.4 Å². The first kappa shape index (κ1) is 10.9. The number of carboxylic acids is 1. The van der Waals surface area contributed by atoms with E-state index in [1.165, 1.54) is 30.4 Å². The summed E-state index contributed by atoms with van der Waals surface area (Å²) in [4.78, 5) is 14.7. The lowest BCUT2D eigenvalue weighted by atomic mass is 10.4. The van der Waals surface area contributed by atoms with E-state index < -0.39 is 5.97 Å². The molecule has 0 aliphatic rings. The van der Waals surface area contributed by atoms with Crippen molar-refractivity contribution in [1.29, 1.82) is 0 Å². The second-order valence-electron chi connectivity index (χ2n) is 3.27. The number of nitrogen functional groups attached to an aromatic ring is 1. The molecule has 0 fully saturated rings. The third-order valence-electron chi connectivity index (χ3n) is 2.14. The van der Waals surface area contributed by atoms with Crippen LogP contribution in [0.4, 0.5) is 5.69 Å². The minimum Gasteiger partial charge on any atom is -0.495 e. The van der Waals surface area contributed by atoms with Crippen LogP contribution in [-0.2, 0) is 0 Å². The third-order valence-corrected chi connectivity index (χ3v) is 2.14. The van der Waals surface area contributed by atoms with Crippen molar-refractivity contribution in [3.8, 4) is 11.4 Å². The van der Waals surface area contributed by atoms with Crippen LogP contribution < -0.4 is 10.5 Å². The van der Waals surface area contributed by atoms with Gasteiger partial charge in [-0.15, -0.1) is 0 Å². The second-order valence-corrected chi connectivity index (χ2v) is 3.27. The maximum absolute atomic E-state index is 10.8. The molecule has 0 aliphatic heterocycles. The van der Waals surface area contributed by atoms with Gasteiger partial charge in [0.15, 0.2) is 5.69 Å². The Hall–Kier alpha value is -2.57. The van der Waals surface area contributed by atoms with E-state index in [1.807, 2.05) is 0 Å². The molecule has 17 heavy (non-hydrogen) atoms. The molecule has 0 aromatic carbocycles. The van der Waals surface area contributed by atoms with Crippen molar-refractivity contribution in [3.63, 3.8) is 0 Å². The van der Waals surface area contributed by atoms with Gasteiger partial charge in [-0.2, -0.15) is 5.10 Å². The minimum absolute atomic E-state index is 0.0975. The van der Waals surface area contributed by atoms with Crippen LogP contribution in [0.3, 0.4) is 0 Å². The summed E-state index contributed by atoms with van der Waals surface area (Å²) in [5, 5.41) is 12.7. The van der Waals surface area contributed by atoms with Crippen molar-refractivity contribution >= 4 is 11.7 Å². The molecule has 2 rings (SSSR count).